The monoisotopic (exact) mass is 358 g/mol. The molecule has 14 N–H and O–H groups in total. The second-order valence-corrected chi connectivity index (χ2v) is 1.57. The standard InChI is InChI=1S/Fe.H2O4S.7H2O.2O.Ti/c;1-5(2,3)4;;;;;;;;;;/h;(H2,1,2,3,4);7*1H2;;;/q+2;;;;;;;;;;;/p-2. The van der Waals surface area contributed by atoms with Gasteiger partial charge < -0.3 is 47.4 Å². The molecule has 0 bridgehead atoms. The van der Waals surface area contributed by atoms with Gasteiger partial charge in [-0.1, -0.05) is 0 Å². The van der Waals surface area contributed by atoms with Gasteiger partial charge in [0.05, 0.1) is 0 Å². The fourth-order valence-corrected chi connectivity index (χ4v) is 0. The van der Waals surface area contributed by atoms with Gasteiger partial charge in [-0.25, -0.2) is 0 Å². The first-order valence-corrected chi connectivity index (χ1v) is 3.68. The van der Waals surface area contributed by atoms with Crippen LogP contribution in [0.2, 0.25) is 0 Å². The topological polar surface area (TPSA) is 335 Å². The van der Waals surface area contributed by atoms with E-state index in [2.05, 4.69) is 0 Å². The molecule has 0 amide bonds. The average Bonchev–Trinajstić information content (AvgIpc) is 1.27. The zero-order chi connectivity index (χ0) is 7.21. The molecule has 0 fully saturated rings. The van der Waals surface area contributed by atoms with E-state index in [9.17, 15) is 0 Å². The summed E-state index contributed by atoms with van der Waals surface area (Å²) in [6, 6.07) is 0. The molecule has 0 aromatic heterocycles. The van der Waals surface area contributed by atoms with Crippen molar-refractivity contribution in [1.82, 2.24) is 0 Å². The first-order chi connectivity index (χ1) is 3.41. The van der Waals surface area contributed by atoms with Crippen molar-refractivity contribution < 1.29 is 98.7 Å². The predicted octanol–water partition coefficient (Wildman–Crippen LogP) is -7.35. The quantitative estimate of drug-likeness (QED) is 0.229. The van der Waals surface area contributed by atoms with E-state index in [0.717, 1.165) is 0 Å². The second kappa shape index (κ2) is 58.2. The first kappa shape index (κ1) is 94.7. The summed E-state index contributed by atoms with van der Waals surface area (Å²) in [7, 11) is -5.17. The third-order valence-corrected chi connectivity index (χ3v) is 0. The van der Waals surface area contributed by atoms with E-state index in [4.69, 9.17) is 24.2 Å². The number of hydrogen-bond donors (Lipinski definition) is 0. The predicted molar refractivity (Wildman–Crippen MR) is 37.1 cm³/mol. The summed E-state index contributed by atoms with van der Waals surface area (Å²) in [5.74, 6) is 0. The molecule has 0 saturated heterocycles. The fourth-order valence-electron chi connectivity index (χ4n) is 0. The molecule has 0 atom stereocenters. The molecule has 0 heterocycles. The van der Waals surface area contributed by atoms with E-state index in [1.807, 2.05) is 0 Å². The summed E-state index contributed by atoms with van der Waals surface area (Å²) in [6.45, 7) is 0. The van der Waals surface area contributed by atoms with Crippen LogP contribution in [-0.4, -0.2) is 55.9 Å². The van der Waals surface area contributed by atoms with Crippen molar-refractivity contribution in [2.24, 2.45) is 0 Å². The zero-order valence-corrected chi connectivity index (χ0v) is 10.7. The molecule has 0 aromatic carbocycles. The molecule has 16 heavy (non-hydrogen) atoms. The third kappa shape index (κ3) is 14500. The van der Waals surface area contributed by atoms with Gasteiger partial charge in [0, 0.05) is 10.4 Å². The van der Waals surface area contributed by atoms with Crippen molar-refractivity contribution in [3.05, 3.63) is 0 Å². The summed E-state index contributed by atoms with van der Waals surface area (Å²) in [5.41, 5.74) is 0. The Balaban J connectivity index is -0.00000000388. The molecule has 110 valence electrons. The summed E-state index contributed by atoms with van der Waals surface area (Å²) < 4.78 is 51.1. The van der Waals surface area contributed by atoms with Crippen LogP contribution in [-0.2, 0) is 53.2 Å². The third-order valence-electron chi connectivity index (χ3n) is 0. The molecule has 0 spiro atoms. The number of hydrogen-bond acceptors (Lipinski definition) is 6. The van der Waals surface area contributed by atoms with Crippen LogP contribution in [0.4, 0.5) is 0 Å². The molecule has 0 aliphatic heterocycles. The van der Waals surface area contributed by atoms with Gasteiger partial charge in [0.25, 0.3) is 0 Å². The molecule has 0 radical (unpaired) electrons. The van der Waals surface area contributed by atoms with Crippen LogP contribution in [0.5, 0.6) is 0 Å². The summed E-state index contributed by atoms with van der Waals surface area (Å²) >= 11 is -2.00. The molecule has 0 aromatic rings. The van der Waals surface area contributed by atoms with Gasteiger partial charge >= 0.3 is 42.8 Å². The molecule has 13 nitrogen and oxygen atoms in total. The van der Waals surface area contributed by atoms with Crippen LogP contribution < -0.4 is 0 Å². The van der Waals surface area contributed by atoms with E-state index >= 15 is 0 Å². The first-order valence-electron chi connectivity index (χ1n) is 1.07. The maximum absolute atomic E-state index is 8.52. The summed E-state index contributed by atoms with van der Waals surface area (Å²) in [4.78, 5) is 0. The SMILES string of the molecule is O.O.O.O.O.O.O.O=S(=O)([O-])[O-].[Fe+2].[O]=[Ti]=[O]. The Bertz CT molecular complexity index is 156. The van der Waals surface area contributed by atoms with Crippen molar-refractivity contribution in [1.29, 1.82) is 0 Å². The molecule has 0 saturated carbocycles. The Labute approximate surface area is 109 Å². The van der Waals surface area contributed by atoms with Crippen molar-refractivity contribution >= 4 is 10.4 Å². The zero-order valence-electron chi connectivity index (χ0n) is 7.21. The molecule has 0 unspecified atom stereocenters. The Morgan fingerprint density at radius 1 is 0.688 bits per heavy atom. The van der Waals surface area contributed by atoms with Crippen LogP contribution in [0, 0.1) is 0 Å². The maximum atomic E-state index is 8.52. The normalized spacial score (nSPS) is 4.12. The van der Waals surface area contributed by atoms with Crippen molar-refractivity contribution in [3.63, 3.8) is 0 Å². The van der Waals surface area contributed by atoms with Crippen molar-refractivity contribution in [3.8, 4) is 0 Å². The minimum atomic E-state index is -5.17. The van der Waals surface area contributed by atoms with Crippen LogP contribution in [0.3, 0.4) is 0 Å². The van der Waals surface area contributed by atoms with Gasteiger partial charge in [-0.15, -0.1) is 0 Å². The van der Waals surface area contributed by atoms with E-state index in [-0.39, 0.29) is 55.4 Å². The average molecular weight is 358 g/mol. The van der Waals surface area contributed by atoms with Gasteiger partial charge in [0.2, 0.25) is 0 Å². The van der Waals surface area contributed by atoms with Crippen molar-refractivity contribution in [2.75, 3.05) is 0 Å². The molecule has 0 rings (SSSR count). The van der Waals surface area contributed by atoms with Gasteiger partial charge in [-0.2, -0.15) is 0 Å². The fraction of sp³-hybridized carbons (Fsp3) is 0. The Kier molecular flexibility index (Phi) is 345. The Morgan fingerprint density at radius 3 is 0.688 bits per heavy atom. The molecular weight excluding hydrogens is 344 g/mol. The van der Waals surface area contributed by atoms with Crippen LogP contribution in [0.1, 0.15) is 0 Å². The van der Waals surface area contributed by atoms with Crippen LogP contribution in [0.15, 0.2) is 0 Å². The number of rotatable bonds is 0. The van der Waals surface area contributed by atoms with Gasteiger partial charge in [-0.05, 0) is 0 Å². The van der Waals surface area contributed by atoms with Gasteiger partial charge in [-0.3, -0.25) is 8.42 Å². The van der Waals surface area contributed by atoms with Crippen molar-refractivity contribution in [2.45, 2.75) is 0 Å². The van der Waals surface area contributed by atoms with E-state index in [0.29, 0.717) is 0 Å². The molecule has 0 aliphatic carbocycles. The molecule has 0 aliphatic rings. The summed E-state index contributed by atoms with van der Waals surface area (Å²) in [5, 5.41) is 0. The van der Waals surface area contributed by atoms with Crippen LogP contribution >= 0.6 is 0 Å². The molecular formula is H14FeO13STi. The van der Waals surface area contributed by atoms with Gasteiger partial charge in [0.15, 0.2) is 0 Å². The van der Waals surface area contributed by atoms with Gasteiger partial charge in [0.1, 0.15) is 0 Å². The molecule has 16 heteroatoms. The minimum absolute atomic E-state index is 0. The Morgan fingerprint density at radius 2 is 0.688 bits per heavy atom. The van der Waals surface area contributed by atoms with E-state index < -0.39 is 29.5 Å². The Hall–Kier alpha value is 0.424. The second-order valence-electron chi connectivity index (χ2n) is 0.492. The van der Waals surface area contributed by atoms with Crippen LogP contribution in [0.25, 0.3) is 0 Å². The van der Waals surface area contributed by atoms with E-state index in [1.165, 1.54) is 0 Å². The summed E-state index contributed by atoms with van der Waals surface area (Å²) in [6.07, 6.45) is 0. The van der Waals surface area contributed by atoms with E-state index in [1.54, 1.807) is 0 Å².